The number of rotatable bonds is 2. The lowest BCUT2D eigenvalue weighted by molar-refractivity contribution is 0.357. The minimum absolute atomic E-state index is 0.0377. The van der Waals surface area contributed by atoms with Gasteiger partial charge in [0.05, 0.1) is 10.7 Å². The van der Waals surface area contributed by atoms with Crippen LogP contribution in [0.15, 0.2) is 18.2 Å². The summed E-state index contributed by atoms with van der Waals surface area (Å²) >= 11 is 6.41. The number of hydrogen-bond donors (Lipinski definition) is 1. The Morgan fingerprint density at radius 2 is 1.89 bits per heavy atom. The molecular weight excluding hydrogens is 244 g/mol. The molecule has 0 aromatic heterocycles. The van der Waals surface area contributed by atoms with Crippen molar-refractivity contribution >= 4 is 17.3 Å². The van der Waals surface area contributed by atoms with E-state index in [4.69, 9.17) is 17.3 Å². The summed E-state index contributed by atoms with van der Waals surface area (Å²) in [5, 5.41) is 0.825. The van der Waals surface area contributed by atoms with E-state index < -0.39 is 0 Å². The second-order valence-corrected chi connectivity index (χ2v) is 6.26. The van der Waals surface area contributed by atoms with Crippen molar-refractivity contribution in [3.63, 3.8) is 0 Å². The van der Waals surface area contributed by atoms with Crippen LogP contribution in [0.4, 0.5) is 5.69 Å². The molecule has 0 amide bonds. The average molecular weight is 267 g/mol. The van der Waals surface area contributed by atoms with E-state index >= 15 is 0 Å². The molecule has 1 aliphatic rings. The van der Waals surface area contributed by atoms with Crippen LogP contribution in [0.25, 0.3) is 0 Å². The van der Waals surface area contributed by atoms with Gasteiger partial charge in [0.15, 0.2) is 0 Å². The van der Waals surface area contributed by atoms with E-state index in [-0.39, 0.29) is 6.04 Å². The van der Waals surface area contributed by atoms with E-state index in [0.717, 1.165) is 41.2 Å². The summed E-state index contributed by atoms with van der Waals surface area (Å²) in [5.41, 5.74) is 8.13. The maximum atomic E-state index is 6.41. The predicted octanol–water partition coefficient (Wildman–Crippen LogP) is 3.84. The highest BCUT2D eigenvalue weighted by Crippen LogP contribution is 2.32. The molecule has 0 radical (unpaired) electrons. The number of benzene rings is 1. The van der Waals surface area contributed by atoms with Gasteiger partial charge in [-0.15, -0.1) is 0 Å². The molecule has 0 saturated carbocycles. The smallest absolute Gasteiger partial charge is 0.0642 e. The van der Waals surface area contributed by atoms with E-state index in [0.29, 0.717) is 0 Å². The predicted molar refractivity (Wildman–Crippen MR) is 79.2 cm³/mol. The Hall–Kier alpha value is -0.730. The zero-order valence-corrected chi connectivity index (χ0v) is 12.2. The number of halogens is 1. The zero-order chi connectivity index (χ0) is 13.3. The van der Waals surface area contributed by atoms with Crippen molar-refractivity contribution in [1.82, 2.24) is 0 Å². The summed E-state index contributed by atoms with van der Waals surface area (Å²) in [6, 6.07) is 6.25. The first-order valence-corrected chi connectivity index (χ1v) is 7.15. The lowest BCUT2D eigenvalue weighted by Gasteiger charge is -2.37. The normalized spacial score (nSPS) is 26.2. The third kappa shape index (κ3) is 2.99. The van der Waals surface area contributed by atoms with Crippen LogP contribution in [0.1, 0.15) is 38.8 Å². The molecule has 1 heterocycles. The van der Waals surface area contributed by atoms with E-state index in [9.17, 15) is 0 Å². The van der Waals surface area contributed by atoms with Gasteiger partial charge in [-0.25, -0.2) is 0 Å². The van der Waals surface area contributed by atoms with E-state index in [1.807, 2.05) is 13.0 Å². The first-order valence-electron chi connectivity index (χ1n) is 6.77. The van der Waals surface area contributed by atoms with E-state index in [2.05, 4.69) is 30.9 Å². The van der Waals surface area contributed by atoms with Gasteiger partial charge in [0.25, 0.3) is 0 Å². The molecule has 1 fully saturated rings. The van der Waals surface area contributed by atoms with Crippen molar-refractivity contribution in [3.05, 3.63) is 28.8 Å². The van der Waals surface area contributed by atoms with Crippen LogP contribution >= 0.6 is 11.6 Å². The molecule has 2 nitrogen and oxygen atoms in total. The molecule has 1 aromatic rings. The largest absolute Gasteiger partial charge is 0.370 e. The van der Waals surface area contributed by atoms with Crippen molar-refractivity contribution in [2.24, 2.45) is 17.6 Å². The van der Waals surface area contributed by atoms with Crippen LogP contribution < -0.4 is 10.6 Å². The van der Waals surface area contributed by atoms with Gasteiger partial charge in [-0.05, 0) is 42.9 Å². The van der Waals surface area contributed by atoms with Crippen LogP contribution in [0.2, 0.25) is 5.02 Å². The summed E-state index contributed by atoms with van der Waals surface area (Å²) in [4.78, 5) is 2.41. The molecule has 3 heteroatoms. The van der Waals surface area contributed by atoms with Gasteiger partial charge < -0.3 is 10.6 Å². The topological polar surface area (TPSA) is 29.3 Å². The van der Waals surface area contributed by atoms with Crippen LogP contribution in [0.3, 0.4) is 0 Å². The van der Waals surface area contributed by atoms with Crippen LogP contribution in [0.5, 0.6) is 0 Å². The minimum Gasteiger partial charge on any atom is -0.370 e. The van der Waals surface area contributed by atoms with Crippen molar-refractivity contribution in [2.45, 2.75) is 33.2 Å². The summed E-state index contributed by atoms with van der Waals surface area (Å²) in [7, 11) is 0. The fourth-order valence-corrected chi connectivity index (χ4v) is 3.23. The average Bonchev–Trinajstić information content (AvgIpc) is 2.27. The highest BCUT2D eigenvalue weighted by Gasteiger charge is 2.23. The quantitative estimate of drug-likeness (QED) is 0.881. The fraction of sp³-hybridized carbons (Fsp3) is 0.600. The van der Waals surface area contributed by atoms with Crippen LogP contribution in [-0.2, 0) is 0 Å². The minimum atomic E-state index is 0.0377. The van der Waals surface area contributed by atoms with Gasteiger partial charge in [0, 0.05) is 19.1 Å². The summed E-state index contributed by atoms with van der Waals surface area (Å²) in [5.74, 6) is 1.47. The van der Waals surface area contributed by atoms with Crippen LogP contribution in [0, 0.1) is 11.8 Å². The summed E-state index contributed by atoms with van der Waals surface area (Å²) in [6.07, 6.45) is 1.31. The highest BCUT2D eigenvalue weighted by molar-refractivity contribution is 6.33. The first kappa shape index (κ1) is 13.7. The standard InChI is InChI=1S/C15H23ClN2/c1-10-6-11(2)9-18(8-10)15-5-4-13(12(3)17)7-14(15)16/h4-5,7,10-12H,6,8-9,17H2,1-3H3/t10?,11?,12-/m1/s1. The Balaban J connectivity index is 2.22. The van der Waals surface area contributed by atoms with Crippen molar-refractivity contribution in [3.8, 4) is 0 Å². The van der Waals surface area contributed by atoms with Gasteiger partial charge in [-0.1, -0.05) is 31.5 Å². The van der Waals surface area contributed by atoms with Gasteiger partial charge in [0.1, 0.15) is 0 Å². The lowest BCUT2D eigenvalue weighted by Crippen LogP contribution is -2.38. The molecule has 18 heavy (non-hydrogen) atoms. The van der Waals surface area contributed by atoms with Gasteiger partial charge >= 0.3 is 0 Å². The number of piperidine rings is 1. The fourth-order valence-electron chi connectivity index (χ4n) is 2.92. The SMILES string of the molecule is CC1CC(C)CN(c2ccc([C@@H](C)N)cc2Cl)C1. The number of anilines is 1. The molecule has 100 valence electrons. The molecular formula is C15H23ClN2. The number of hydrogen-bond acceptors (Lipinski definition) is 2. The molecule has 2 N–H and O–H groups in total. The van der Waals surface area contributed by atoms with Crippen molar-refractivity contribution < 1.29 is 0 Å². The number of nitrogens with two attached hydrogens (primary N) is 1. The maximum Gasteiger partial charge on any atom is 0.0642 e. The van der Waals surface area contributed by atoms with Crippen molar-refractivity contribution in [1.29, 1.82) is 0 Å². The van der Waals surface area contributed by atoms with Crippen LogP contribution in [-0.4, -0.2) is 13.1 Å². The molecule has 1 aromatic carbocycles. The third-order valence-corrected chi connectivity index (χ3v) is 4.01. The Labute approximate surface area is 115 Å². The third-order valence-electron chi connectivity index (χ3n) is 3.71. The molecule has 1 saturated heterocycles. The molecule has 0 aliphatic carbocycles. The zero-order valence-electron chi connectivity index (χ0n) is 11.5. The molecule has 2 unspecified atom stereocenters. The second-order valence-electron chi connectivity index (χ2n) is 5.85. The van der Waals surface area contributed by atoms with Crippen molar-refractivity contribution in [2.75, 3.05) is 18.0 Å². The van der Waals surface area contributed by atoms with Gasteiger partial charge in [0.2, 0.25) is 0 Å². The molecule has 0 bridgehead atoms. The summed E-state index contributed by atoms with van der Waals surface area (Å²) in [6.45, 7) is 8.80. The number of nitrogens with zero attached hydrogens (tertiary/aromatic N) is 1. The van der Waals surface area contributed by atoms with E-state index in [1.54, 1.807) is 0 Å². The Bertz CT molecular complexity index is 407. The lowest BCUT2D eigenvalue weighted by atomic mass is 9.91. The second kappa shape index (κ2) is 5.50. The van der Waals surface area contributed by atoms with Gasteiger partial charge in [-0.3, -0.25) is 0 Å². The Kier molecular flexibility index (Phi) is 4.18. The van der Waals surface area contributed by atoms with Gasteiger partial charge in [-0.2, -0.15) is 0 Å². The monoisotopic (exact) mass is 266 g/mol. The first-order chi connectivity index (χ1) is 8.47. The Morgan fingerprint density at radius 3 is 2.39 bits per heavy atom. The molecule has 1 aliphatic heterocycles. The molecule has 0 spiro atoms. The molecule has 2 rings (SSSR count). The highest BCUT2D eigenvalue weighted by atomic mass is 35.5. The summed E-state index contributed by atoms with van der Waals surface area (Å²) < 4.78 is 0. The Morgan fingerprint density at radius 1 is 1.28 bits per heavy atom. The van der Waals surface area contributed by atoms with E-state index in [1.165, 1.54) is 6.42 Å². The molecule has 3 atom stereocenters. The maximum absolute atomic E-state index is 6.41.